The number of thiazole rings is 1. The van der Waals surface area contributed by atoms with Crippen molar-refractivity contribution in [3.8, 4) is 0 Å². The van der Waals surface area contributed by atoms with Crippen LogP contribution in [0.25, 0.3) is 10.2 Å². The van der Waals surface area contributed by atoms with Gasteiger partial charge < -0.3 is 4.74 Å². The van der Waals surface area contributed by atoms with Crippen LogP contribution >= 0.6 is 11.3 Å². The lowest BCUT2D eigenvalue weighted by atomic mass is 10.3. The summed E-state index contributed by atoms with van der Waals surface area (Å²) in [5.74, 6) is -0.401. The van der Waals surface area contributed by atoms with E-state index in [1.807, 2.05) is 0 Å². The van der Waals surface area contributed by atoms with E-state index in [-0.39, 0.29) is 0 Å². The lowest BCUT2D eigenvalue weighted by molar-refractivity contribution is 0.0519. The summed E-state index contributed by atoms with van der Waals surface area (Å²) in [6.45, 7) is 2.12. The molecule has 14 heavy (non-hydrogen) atoms. The van der Waals surface area contributed by atoms with Crippen LogP contribution in [0.15, 0.2) is 17.8 Å². The average molecular weight is 208 g/mol. The second-order valence-electron chi connectivity index (χ2n) is 2.61. The van der Waals surface area contributed by atoms with Crippen molar-refractivity contribution in [3.05, 3.63) is 23.5 Å². The second kappa shape index (κ2) is 3.71. The van der Waals surface area contributed by atoms with E-state index in [1.54, 1.807) is 24.7 Å². The van der Waals surface area contributed by atoms with Crippen molar-refractivity contribution in [1.82, 2.24) is 9.97 Å². The van der Waals surface area contributed by atoms with Crippen LogP contribution in [-0.2, 0) is 4.74 Å². The molecule has 0 saturated carbocycles. The summed E-state index contributed by atoms with van der Waals surface area (Å²) in [5, 5.41) is 0. The average Bonchev–Trinajstić information content (AvgIpc) is 2.64. The highest BCUT2D eigenvalue weighted by Gasteiger charge is 2.09. The normalized spacial score (nSPS) is 10.4. The van der Waals surface area contributed by atoms with Gasteiger partial charge in [0.1, 0.15) is 0 Å². The number of nitrogens with zero attached hydrogens (tertiary/aromatic N) is 2. The Labute approximate surface area is 84.6 Å². The number of rotatable bonds is 2. The molecule has 0 amide bonds. The molecule has 0 bridgehead atoms. The van der Waals surface area contributed by atoms with E-state index in [9.17, 15) is 4.79 Å². The number of hydrogen-bond acceptors (Lipinski definition) is 5. The molecule has 0 atom stereocenters. The predicted octanol–water partition coefficient (Wildman–Crippen LogP) is 1.87. The number of esters is 1. The maximum Gasteiger partial charge on any atom is 0.356 e. The molecule has 0 unspecified atom stereocenters. The van der Waals surface area contributed by atoms with Gasteiger partial charge in [0.15, 0.2) is 5.69 Å². The summed E-state index contributed by atoms with van der Waals surface area (Å²) in [6.07, 6.45) is 1.64. The van der Waals surface area contributed by atoms with E-state index in [2.05, 4.69) is 9.97 Å². The number of carbonyl (C=O) groups is 1. The number of ether oxygens (including phenoxy) is 1. The first-order valence-electron chi connectivity index (χ1n) is 4.17. The minimum Gasteiger partial charge on any atom is -0.461 e. The Hall–Kier alpha value is -1.49. The Morgan fingerprint density at radius 2 is 2.43 bits per heavy atom. The quantitative estimate of drug-likeness (QED) is 0.707. The molecule has 0 saturated heterocycles. The molecule has 0 aliphatic rings. The highest BCUT2D eigenvalue weighted by atomic mass is 32.1. The molecule has 0 N–H and O–H groups in total. The zero-order valence-corrected chi connectivity index (χ0v) is 8.37. The third-order valence-corrected chi connectivity index (χ3v) is 2.48. The van der Waals surface area contributed by atoms with Gasteiger partial charge in [-0.2, -0.15) is 0 Å². The minimum atomic E-state index is -0.401. The number of fused-ring (bicyclic) bond motifs is 1. The first-order valence-corrected chi connectivity index (χ1v) is 5.05. The molecule has 2 heterocycles. The summed E-state index contributed by atoms with van der Waals surface area (Å²) in [4.78, 5) is 19.4. The number of carbonyl (C=O) groups excluding carboxylic acids is 1. The molecule has 2 rings (SSSR count). The Bertz CT molecular complexity index is 467. The third kappa shape index (κ3) is 1.58. The summed E-state index contributed by atoms with van der Waals surface area (Å²) in [7, 11) is 0. The van der Waals surface area contributed by atoms with Crippen LogP contribution in [0, 0.1) is 0 Å². The van der Waals surface area contributed by atoms with Gasteiger partial charge in [0.05, 0.1) is 22.3 Å². The fraction of sp³-hybridized carbons (Fsp3) is 0.222. The Morgan fingerprint density at radius 3 is 3.21 bits per heavy atom. The molecule has 72 valence electrons. The van der Waals surface area contributed by atoms with Gasteiger partial charge >= 0.3 is 5.97 Å². The molecule has 0 spiro atoms. The van der Waals surface area contributed by atoms with Gasteiger partial charge in [0.2, 0.25) is 0 Å². The third-order valence-electron chi connectivity index (χ3n) is 1.70. The standard InChI is InChI=1S/C9H8N2O2S/c1-2-13-9(12)7-3-6-8(4-10-7)14-5-11-6/h3-5H,2H2,1H3. The fourth-order valence-corrected chi connectivity index (χ4v) is 1.71. The predicted molar refractivity (Wildman–Crippen MR) is 53.4 cm³/mol. The van der Waals surface area contributed by atoms with Gasteiger partial charge in [-0.05, 0) is 13.0 Å². The Morgan fingerprint density at radius 1 is 1.57 bits per heavy atom. The fourth-order valence-electron chi connectivity index (χ4n) is 1.08. The molecule has 0 aliphatic heterocycles. The number of hydrogen-bond donors (Lipinski definition) is 0. The lowest BCUT2D eigenvalue weighted by Crippen LogP contribution is -2.06. The summed E-state index contributed by atoms with van der Waals surface area (Å²) in [6, 6.07) is 1.64. The van der Waals surface area contributed by atoms with Crippen LogP contribution < -0.4 is 0 Å². The molecule has 2 aromatic heterocycles. The van der Waals surface area contributed by atoms with Crippen molar-refractivity contribution < 1.29 is 9.53 Å². The monoisotopic (exact) mass is 208 g/mol. The maximum atomic E-state index is 11.3. The van der Waals surface area contributed by atoms with E-state index >= 15 is 0 Å². The molecular weight excluding hydrogens is 200 g/mol. The van der Waals surface area contributed by atoms with E-state index in [4.69, 9.17) is 4.74 Å². The van der Waals surface area contributed by atoms with Crippen molar-refractivity contribution in [1.29, 1.82) is 0 Å². The second-order valence-corrected chi connectivity index (χ2v) is 3.50. The van der Waals surface area contributed by atoms with Crippen LogP contribution in [0.4, 0.5) is 0 Å². The van der Waals surface area contributed by atoms with E-state index in [0.717, 1.165) is 10.2 Å². The molecule has 0 fully saturated rings. The molecule has 0 aromatic carbocycles. The van der Waals surface area contributed by atoms with Gasteiger partial charge in [0, 0.05) is 6.20 Å². The van der Waals surface area contributed by atoms with Crippen molar-refractivity contribution >= 4 is 27.5 Å². The maximum absolute atomic E-state index is 11.3. The topological polar surface area (TPSA) is 52.1 Å². The van der Waals surface area contributed by atoms with Crippen LogP contribution in [-0.4, -0.2) is 22.5 Å². The van der Waals surface area contributed by atoms with Crippen molar-refractivity contribution in [2.45, 2.75) is 6.92 Å². The van der Waals surface area contributed by atoms with Crippen LogP contribution in [0.2, 0.25) is 0 Å². The van der Waals surface area contributed by atoms with Crippen LogP contribution in [0.3, 0.4) is 0 Å². The van der Waals surface area contributed by atoms with Crippen molar-refractivity contribution in [3.63, 3.8) is 0 Å². The van der Waals surface area contributed by atoms with Crippen LogP contribution in [0.5, 0.6) is 0 Å². The van der Waals surface area contributed by atoms with Crippen LogP contribution in [0.1, 0.15) is 17.4 Å². The SMILES string of the molecule is CCOC(=O)c1cc2ncsc2cn1. The highest BCUT2D eigenvalue weighted by Crippen LogP contribution is 2.17. The molecule has 5 heteroatoms. The molecule has 4 nitrogen and oxygen atoms in total. The molecule has 0 aliphatic carbocycles. The van der Waals surface area contributed by atoms with Gasteiger partial charge in [-0.3, -0.25) is 0 Å². The minimum absolute atomic E-state index is 0.310. The van der Waals surface area contributed by atoms with Gasteiger partial charge in [-0.25, -0.2) is 14.8 Å². The van der Waals surface area contributed by atoms with Gasteiger partial charge in [0.25, 0.3) is 0 Å². The van der Waals surface area contributed by atoms with E-state index in [1.165, 1.54) is 11.3 Å². The first kappa shape index (κ1) is 9.08. The molecule has 0 radical (unpaired) electrons. The molecular formula is C9H8N2O2S. The summed E-state index contributed by atoms with van der Waals surface area (Å²) >= 11 is 1.50. The Balaban J connectivity index is 2.38. The largest absolute Gasteiger partial charge is 0.461 e. The zero-order chi connectivity index (χ0) is 9.97. The molecule has 2 aromatic rings. The van der Waals surface area contributed by atoms with E-state index in [0.29, 0.717) is 12.3 Å². The van der Waals surface area contributed by atoms with Crippen molar-refractivity contribution in [2.24, 2.45) is 0 Å². The van der Waals surface area contributed by atoms with Gasteiger partial charge in [-0.1, -0.05) is 0 Å². The van der Waals surface area contributed by atoms with E-state index < -0.39 is 5.97 Å². The zero-order valence-electron chi connectivity index (χ0n) is 7.56. The lowest BCUT2D eigenvalue weighted by Gasteiger charge is -1.99. The first-order chi connectivity index (χ1) is 6.81. The smallest absolute Gasteiger partial charge is 0.356 e. The Kier molecular flexibility index (Phi) is 2.41. The number of pyridine rings is 1. The summed E-state index contributed by atoms with van der Waals surface area (Å²) in [5.41, 5.74) is 2.82. The number of aromatic nitrogens is 2. The van der Waals surface area contributed by atoms with Crippen molar-refractivity contribution in [2.75, 3.05) is 6.61 Å². The van der Waals surface area contributed by atoms with Gasteiger partial charge in [-0.15, -0.1) is 11.3 Å². The highest BCUT2D eigenvalue weighted by molar-refractivity contribution is 7.16. The summed E-state index contributed by atoms with van der Waals surface area (Å²) < 4.78 is 5.80.